The molecule has 0 rings (SSSR count). The van der Waals surface area contributed by atoms with Crippen molar-refractivity contribution in [2.75, 3.05) is 52.0 Å². The molecule has 0 saturated heterocycles. The molecule has 0 aromatic rings. The van der Waals surface area contributed by atoms with E-state index in [0.717, 1.165) is 6.54 Å². The van der Waals surface area contributed by atoms with Gasteiger partial charge in [0.05, 0.1) is 32.1 Å². The molecule has 7 nitrogen and oxygen atoms in total. The van der Waals surface area contributed by atoms with E-state index in [1.165, 1.54) is 6.26 Å². The maximum Gasteiger partial charge on any atom is 0.191 e. The predicted octanol–water partition coefficient (Wildman–Crippen LogP) is 0.0277. The number of sulfone groups is 1. The molecule has 1 unspecified atom stereocenters. The summed E-state index contributed by atoms with van der Waals surface area (Å²) in [6.07, 6.45) is 1.80. The molecule has 8 heteroatoms. The molecule has 0 amide bonds. The van der Waals surface area contributed by atoms with Crippen molar-refractivity contribution in [3.8, 4) is 0 Å². The fourth-order valence-corrected chi connectivity index (χ4v) is 2.26. The monoisotopic (exact) mass is 323 g/mol. The van der Waals surface area contributed by atoms with E-state index in [1.54, 1.807) is 7.11 Å². The van der Waals surface area contributed by atoms with Crippen molar-refractivity contribution >= 4 is 15.8 Å². The molecular weight excluding hydrogens is 294 g/mol. The van der Waals surface area contributed by atoms with Crippen LogP contribution in [0.1, 0.15) is 20.3 Å². The van der Waals surface area contributed by atoms with Gasteiger partial charge in [0.1, 0.15) is 9.84 Å². The van der Waals surface area contributed by atoms with Crippen LogP contribution in [0.5, 0.6) is 0 Å². The first kappa shape index (κ1) is 20.1. The normalized spacial score (nSPS) is 14.0. The maximum atomic E-state index is 11.1. The van der Waals surface area contributed by atoms with E-state index in [0.29, 0.717) is 38.7 Å². The van der Waals surface area contributed by atoms with Crippen molar-refractivity contribution in [2.24, 2.45) is 4.99 Å². The fraction of sp³-hybridized carbons (Fsp3) is 0.923. The fourth-order valence-electron chi connectivity index (χ4n) is 1.48. The van der Waals surface area contributed by atoms with E-state index in [1.807, 2.05) is 13.8 Å². The van der Waals surface area contributed by atoms with Gasteiger partial charge in [0.2, 0.25) is 0 Å². The SMILES string of the molecule is CCNC(=NCCOCCOC)NC(C)CCS(C)(=O)=O. The van der Waals surface area contributed by atoms with Crippen molar-refractivity contribution in [3.05, 3.63) is 0 Å². The zero-order chi connectivity index (χ0) is 16.1. The molecule has 2 N–H and O–H groups in total. The Labute approximate surface area is 128 Å². The Bertz CT molecular complexity index is 385. The van der Waals surface area contributed by atoms with E-state index in [9.17, 15) is 8.42 Å². The molecule has 126 valence electrons. The van der Waals surface area contributed by atoms with Crippen LogP contribution < -0.4 is 10.6 Å². The second kappa shape index (κ2) is 11.8. The van der Waals surface area contributed by atoms with Crippen LogP contribution in [-0.4, -0.2) is 72.4 Å². The number of guanidine groups is 1. The van der Waals surface area contributed by atoms with Gasteiger partial charge in [-0.15, -0.1) is 0 Å². The standard InChI is InChI=1S/C13H29N3O4S/c1-5-14-13(15-7-8-20-10-9-19-3)16-12(2)6-11-21(4,17)18/h12H,5-11H2,1-4H3,(H2,14,15,16). The molecule has 0 saturated carbocycles. The van der Waals surface area contributed by atoms with Gasteiger partial charge < -0.3 is 20.1 Å². The van der Waals surface area contributed by atoms with Crippen LogP contribution >= 0.6 is 0 Å². The van der Waals surface area contributed by atoms with Crippen molar-refractivity contribution in [2.45, 2.75) is 26.3 Å². The molecule has 0 aliphatic carbocycles. The number of ether oxygens (including phenoxy) is 2. The zero-order valence-corrected chi connectivity index (χ0v) is 14.3. The highest BCUT2D eigenvalue weighted by molar-refractivity contribution is 7.90. The van der Waals surface area contributed by atoms with Gasteiger partial charge in [-0.1, -0.05) is 0 Å². The van der Waals surface area contributed by atoms with Gasteiger partial charge in [0.25, 0.3) is 0 Å². The summed E-state index contributed by atoms with van der Waals surface area (Å²) in [6.45, 7) is 6.86. The number of nitrogens with one attached hydrogen (secondary N) is 2. The quantitative estimate of drug-likeness (QED) is 0.317. The highest BCUT2D eigenvalue weighted by Crippen LogP contribution is 1.95. The molecule has 21 heavy (non-hydrogen) atoms. The summed E-state index contributed by atoms with van der Waals surface area (Å²) in [5.41, 5.74) is 0. The molecule has 1 atom stereocenters. The van der Waals surface area contributed by atoms with Crippen molar-refractivity contribution < 1.29 is 17.9 Å². The van der Waals surface area contributed by atoms with Crippen LogP contribution in [0.25, 0.3) is 0 Å². The number of nitrogens with zero attached hydrogens (tertiary/aromatic N) is 1. The van der Waals surface area contributed by atoms with Crippen LogP contribution in [-0.2, 0) is 19.3 Å². The third-order valence-electron chi connectivity index (χ3n) is 2.59. The summed E-state index contributed by atoms with van der Waals surface area (Å²) in [5, 5.41) is 6.31. The Kier molecular flexibility index (Phi) is 11.3. The summed E-state index contributed by atoms with van der Waals surface area (Å²) >= 11 is 0. The van der Waals surface area contributed by atoms with E-state index in [4.69, 9.17) is 9.47 Å². The lowest BCUT2D eigenvalue weighted by Gasteiger charge is -2.17. The molecule has 0 aromatic carbocycles. The smallest absolute Gasteiger partial charge is 0.191 e. The first-order valence-corrected chi connectivity index (χ1v) is 9.24. The number of methoxy groups -OCH3 is 1. The molecule has 0 radical (unpaired) electrons. The van der Waals surface area contributed by atoms with E-state index >= 15 is 0 Å². The minimum Gasteiger partial charge on any atom is -0.382 e. The highest BCUT2D eigenvalue weighted by Gasteiger charge is 2.09. The largest absolute Gasteiger partial charge is 0.382 e. The van der Waals surface area contributed by atoms with Crippen LogP contribution in [0.3, 0.4) is 0 Å². The predicted molar refractivity (Wildman–Crippen MR) is 85.6 cm³/mol. The van der Waals surface area contributed by atoms with E-state index < -0.39 is 9.84 Å². The average Bonchev–Trinajstić information content (AvgIpc) is 2.40. The Morgan fingerprint density at radius 3 is 2.57 bits per heavy atom. The van der Waals surface area contributed by atoms with Gasteiger partial charge in [0, 0.05) is 26.0 Å². The van der Waals surface area contributed by atoms with Crippen LogP contribution in [0, 0.1) is 0 Å². The summed E-state index contributed by atoms with van der Waals surface area (Å²) in [7, 11) is -1.30. The van der Waals surface area contributed by atoms with Crippen molar-refractivity contribution in [1.29, 1.82) is 0 Å². The topological polar surface area (TPSA) is 89.0 Å². The van der Waals surface area contributed by atoms with Crippen molar-refractivity contribution in [3.63, 3.8) is 0 Å². The second-order valence-corrected chi connectivity index (χ2v) is 7.09. The minimum absolute atomic E-state index is 0.0342. The van der Waals surface area contributed by atoms with Crippen LogP contribution in [0.2, 0.25) is 0 Å². The molecule has 0 fully saturated rings. The van der Waals surface area contributed by atoms with Gasteiger partial charge in [-0.3, -0.25) is 4.99 Å². The third kappa shape index (κ3) is 13.9. The molecular formula is C13H29N3O4S. The number of hydrogen-bond acceptors (Lipinski definition) is 5. The second-order valence-electron chi connectivity index (χ2n) is 4.83. The highest BCUT2D eigenvalue weighted by atomic mass is 32.2. The summed E-state index contributed by atoms with van der Waals surface area (Å²) in [4.78, 5) is 4.37. The molecule has 0 spiro atoms. The van der Waals surface area contributed by atoms with Gasteiger partial charge >= 0.3 is 0 Å². The third-order valence-corrected chi connectivity index (χ3v) is 3.56. The summed E-state index contributed by atoms with van der Waals surface area (Å²) in [6, 6.07) is 0.0342. The van der Waals surface area contributed by atoms with E-state index in [2.05, 4.69) is 15.6 Å². The first-order valence-electron chi connectivity index (χ1n) is 7.18. The molecule has 0 aliphatic heterocycles. The summed E-state index contributed by atoms with van der Waals surface area (Å²) in [5.74, 6) is 0.842. The first-order chi connectivity index (χ1) is 9.89. The maximum absolute atomic E-state index is 11.1. The Balaban J connectivity index is 4.09. The lowest BCUT2D eigenvalue weighted by Crippen LogP contribution is -2.43. The number of rotatable bonds is 11. The van der Waals surface area contributed by atoms with Crippen LogP contribution in [0.4, 0.5) is 0 Å². The average molecular weight is 323 g/mol. The van der Waals surface area contributed by atoms with E-state index in [-0.39, 0.29) is 11.8 Å². The number of aliphatic imine (C=N–C) groups is 1. The molecule has 0 heterocycles. The lowest BCUT2D eigenvalue weighted by atomic mass is 10.3. The van der Waals surface area contributed by atoms with Gasteiger partial charge in [-0.05, 0) is 20.3 Å². The molecule has 0 aliphatic rings. The number of hydrogen-bond donors (Lipinski definition) is 2. The van der Waals surface area contributed by atoms with Gasteiger partial charge in [-0.2, -0.15) is 0 Å². The van der Waals surface area contributed by atoms with Crippen LogP contribution in [0.15, 0.2) is 4.99 Å². The Morgan fingerprint density at radius 1 is 1.29 bits per heavy atom. The zero-order valence-electron chi connectivity index (χ0n) is 13.5. The minimum atomic E-state index is -2.93. The Hall–Kier alpha value is -0.860. The van der Waals surface area contributed by atoms with Gasteiger partial charge in [-0.25, -0.2) is 8.42 Å². The lowest BCUT2D eigenvalue weighted by molar-refractivity contribution is 0.0748. The van der Waals surface area contributed by atoms with Crippen molar-refractivity contribution in [1.82, 2.24) is 10.6 Å². The summed E-state index contributed by atoms with van der Waals surface area (Å²) < 4.78 is 32.5. The van der Waals surface area contributed by atoms with Gasteiger partial charge in [0.15, 0.2) is 5.96 Å². The molecule has 0 aromatic heterocycles. The Morgan fingerprint density at radius 2 is 2.00 bits per heavy atom. The molecule has 0 bridgehead atoms.